The van der Waals surface area contributed by atoms with Crippen molar-refractivity contribution >= 4 is 0 Å². The van der Waals surface area contributed by atoms with Gasteiger partial charge in [0.15, 0.2) is 0 Å². The summed E-state index contributed by atoms with van der Waals surface area (Å²) in [6.45, 7) is 4.78. The van der Waals surface area contributed by atoms with Crippen molar-refractivity contribution in [1.82, 2.24) is 5.32 Å². The lowest BCUT2D eigenvalue weighted by atomic mass is 10.2. The Morgan fingerprint density at radius 1 is 1.26 bits per heavy atom. The molecule has 0 aliphatic rings. The van der Waals surface area contributed by atoms with E-state index in [0.29, 0.717) is 13.2 Å². The second kappa shape index (κ2) is 9.42. The molecule has 0 atom stereocenters. The van der Waals surface area contributed by atoms with Gasteiger partial charge in [-0.25, -0.2) is 0 Å². The molecular weight excluding hydrogens is 242 g/mol. The molecule has 19 heavy (non-hydrogen) atoms. The van der Waals surface area contributed by atoms with Gasteiger partial charge in [-0.15, -0.1) is 0 Å². The summed E-state index contributed by atoms with van der Waals surface area (Å²) in [5.74, 6) is 1.71. The largest absolute Gasteiger partial charge is 0.497 e. The Kier molecular flexibility index (Phi) is 7.70. The highest BCUT2D eigenvalue weighted by Gasteiger charge is 2.05. The monoisotopic (exact) mass is 265 g/mol. The molecule has 106 valence electrons. The number of rotatable bonds is 9. The molecule has 0 fully saturated rings. The minimum atomic E-state index is 0.577. The van der Waals surface area contributed by atoms with E-state index in [0.717, 1.165) is 30.2 Å². The van der Waals surface area contributed by atoms with Crippen molar-refractivity contribution in [1.29, 1.82) is 0 Å². The van der Waals surface area contributed by atoms with Crippen LogP contribution in [0.5, 0.6) is 11.5 Å². The van der Waals surface area contributed by atoms with Crippen molar-refractivity contribution in [2.75, 3.05) is 34.0 Å². The molecule has 4 heteroatoms. The van der Waals surface area contributed by atoms with Crippen LogP contribution in [0.25, 0.3) is 0 Å². The quantitative estimate of drug-likeness (QED) is 0.550. The lowest BCUT2D eigenvalue weighted by molar-refractivity contribution is 0.199. The number of methoxy groups -OCH3 is 2. The van der Waals surface area contributed by atoms with Crippen molar-refractivity contribution in [3.8, 4) is 11.5 Å². The lowest BCUT2D eigenvalue weighted by Crippen LogP contribution is -2.19. The van der Waals surface area contributed by atoms with Crippen molar-refractivity contribution < 1.29 is 14.2 Å². The van der Waals surface area contributed by atoms with Crippen LogP contribution >= 0.6 is 0 Å². The predicted molar refractivity (Wildman–Crippen MR) is 76.9 cm³/mol. The van der Waals surface area contributed by atoms with Gasteiger partial charge in [0.1, 0.15) is 18.1 Å². The molecule has 1 N–H and O–H groups in total. The van der Waals surface area contributed by atoms with E-state index in [1.165, 1.54) is 0 Å². The highest BCUT2D eigenvalue weighted by Crippen LogP contribution is 2.24. The first kappa shape index (κ1) is 15.5. The molecule has 4 nitrogen and oxygen atoms in total. The van der Waals surface area contributed by atoms with E-state index in [1.54, 1.807) is 14.2 Å². The second-order valence-corrected chi connectivity index (χ2v) is 4.02. The molecule has 0 amide bonds. The maximum absolute atomic E-state index is 5.72. The third kappa shape index (κ3) is 5.77. The molecule has 0 aromatic heterocycles. The average molecular weight is 265 g/mol. The fraction of sp³-hybridized carbons (Fsp3) is 0.467. The fourth-order valence-corrected chi connectivity index (χ4v) is 1.59. The topological polar surface area (TPSA) is 39.7 Å². The number of ether oxygens (including phenoxy) is 3. The van der Waals surface area contributed by atoms with Gasteiger partial charge in [0.25, 0.3) is 0 Å². The molecule has 1 aromatic rings. The summed E-state index contributed by atoms with van der Waals surface area (Å²) in [5, 5.41) is 3.31. The number of allylic oxidation sites excluding steroid dienone is 1. The Balaban J connectivity index is 2.65. The van der Waals surface area contributed by atoms with Crippen LogP contribution in [0.2, 0.25) is 0 Å². The normalized spacial score (nSPS) is 10.9. The SMILES string of the molecule is CC=CCOc1ccc(OC)cc1CNCCOC. The summed E-state index contributed by atoms with van der Waals surface area (Å²) >= 11 is 0. The Morgan fingerprint density at radius 2 is 2.11 bits per heavy atom. The van der Waals surface area contributed by atoms with Gasteiger partial charge in [0.2, 0.25) is 0 Å². The van der Waals surface area contributed by atoms with Crippen molar-refractivity contribution in [3.05, 3.63) is 35.9 Å². The van der Waals surface area contributed by atoms with E-state index >= 15 is 0 Å². The standard InChI is InChI=1S/C15H23NO3/c1-4-5-9-19-15-7-6-14(18-3)11-13(15)12-16-8-10-17-2/h4-7,11,16H,8-10,12H2,1-3H3. The van der Waals surface area contributed by atoms with Crippen LogP contribution in [0, 0.1) is 0 Å². The van der Waals surface area contributed by atoms with Gasteiger partial charge in [-0.2, -0.15) is 0 Å². The molecule has 1 rings (SSSR count). The van der Waals surface area contributed by atoms with Crippen molar-refractivity contribution in [2.45, 2.75) is 13.5 Å². The van der Waals surface area contributed by atoms with E-state index in [1.807, 2.05) is 37.3 Å². The number of benzene rings is 1. The summed E-state index contributed by atoms with van der Waals surface area (Å²) in [6, 6.07) is 5.84. The van der Waals surface area contributed by atoms with E-state index in [9.17, 15) is 0 Å². The molecule has 0 radical (unpaired) electrons. The van der Waals surface area contributed by atoms with E-state index in [-0.39, 0.29) is 0 Å². The molecule has 0 saturated carbocycles. The second-order valence-electron chi connectivity index (χ2n) is 4.02. The first-order valence-corrected chi connectivity index (χ1v) is 6.42. The Hall–Kier alpha value is -1.52. The predicted octanol–water partition coefficient (Wildman–Crippen LogP) is 2.39. The highest BCUT2D eigenvalue weighted by molar-refractivity contribution is 5.40. The van der Waals surface area contributed by atoms with E-state index in [4.69, 9.17) is 14.2 Å². The molecule has 0 bridgehead atoms. The Bertz CT molecular complexity index is 391. The van der Waals surface area contributed by atoms with Gasteiger partial charge in [0.05, 0.1) is 13.7 Å². The summed E-state index contributed by atoms with van der Waals surface area (Å²) in [6.07, 6.45) is 3.95. The molecule has 0 saturated heterocycles. The summed E-state index contributed by atoms with van der Waals surface area (Å²) in [7, 11) is 3.36. The number of hydrogen-bond donors (Lipinski definition) is 1. The third-order valence-corrected chi connectivity index (χ3v) is 2.64. The zero-order valence-corrected chi connectivity index (χ0v) is 11.9. The van der Waals surface area contributed by atoms with Crippen LogP contribution < -0.4 is 14.8 Å². The molecule has 0 unspecified atom stereocenters. The van der Waals surface area contributed by atoms with Crippen molar-refractivity contribution in [3.63, 3.8) is 0 Å². The third-order valence-electron chi connectivity index (χ3n) is 2.64. The molecule has 0 aliphatic heterocycles. The minimum absolute atomic E-state index is 0.577. The zero-order valence-electron chi connectivity index (χ0n) is 11.9. The van der Waals surface area contributed by atoms with Gasteiger partial charge in [-0.1, -0.05) is 12.2 Å². The van der Waals surface area contributed by atoms with Crippen LogP contribution in [0.4, 0.5) is 0 Å². The van der Waals surface area contributed by atoms with E-state index < -0.39 is 0 Å². The van der Waals surface area contributed by atoms with Gasteiger partial charge in [-0.05, 0) is 25.1 Å². The van der Waals surface area contributed by atoms with Gasteiger partial charge in [-0.3, -0.25) is 0 Å². The lowest BCUT2D eigenvalue weighted by Gasteiger charge is -2.12. The van der Waals surface area contributed by atoms with Gasteiger partial charge in [0, 0.05) is 25.8 Å². The van der Waals surface area contributed by atoms with Crippen LogP contribution in [0.15, 0.2) is 30.4 Å². The highest BCUT2D eigenvalue weighted by atomic mass is 16.5. The Morgan fingerprint density at radius 3 is 2.79 bits per heavy atom. The number of hydrogen-bond acceptors (Lipinski definition) is 4. The van der Waals surface area contributed by atoms with Crippen LogP contribution in [0.3, 0.4) is 0 Å². The summed E-state index contributed by atoms with van der Waals surface area (Å²) in [4.78, 5) is 0. The molecule has 0 aliphatic carbocycles. The Labute approximate surface area is 115 Å². The summed E-state index contributed by atoms with van der Waals surface area (Å²) < 4.78 is 16.0. The summed E-state index contributed by atoms with van der Waals surface area (Å²) in [5.41, 5.74) is 1.08. The molecule has 0 spiro atoms. The fourth-order valence-electron chi connectivity index (χ4n) is 1.59. The smallest absolute Gasteiger partial charge is 0.124 e. The molecule has 0 heterocycles. The zero-order chi connectivity index (χ0) is 13.9. The van der Waals surface area contributed by atoms with Crippen molar-refractivity contribution in [2.24, 2.45) is 0 Å². The average Bonchev–Trinajstić information content (AvgIpc) is 2.45. The first-order chi connectivity index (χ1) is 9.31. The van der Waals surface area contributed by atoms with Gasteiger partial charge < -0.3 is 19.5 Å². The maximum atomic E-state index is 5.72. The maximum Gasteiger partial charge on any atom is 0.124 e. The minimum Gasteiger partial charge on any atom is -0.497 e. The first-order valence-electron chi connectivity index (χ1n) is 6.42. The molecular formula is C15H23NO3. The van der Waals surface area contributed by atoms with Gasteiger partial charge >= 0.3 is 0 Å². The number of nitrogens with one attached hydrogen (secondary N) is 1. The van der Waals surface area contributed by atoms with Crippen LogP contribution in [-0.2, 0) is 11.3 Å². The van der Waals surface area contributed by atoms with E-state index in [2.05, 4.69) is 5.32 Å². The van der Waals surface area contributed by atoms with Crippen LogP contribution in [0.1, 0.15) is 12.5 Å². The van der Waals surface area contributed by atoms with Crippen LogP contribution in [-0.4, -0.2) is 34.0 Å². The molecule has 1 aromatic carbocycles.